The van der Waals surface area contributed by atoms with Crippen LogP contribution >= 0.6 is 0 Å². The summed E-state index contributed by atoms with van der Waals surface area (Å²) in [7, 11) is 0. The first-order chi connectivity index (χ1) is 12.6. The number of anilines is 2. The second-order valence-corrected chi connectivity index (χ2v) is 6.72. The first kappa shape index (κ1) is 16.5. The second kappa shape index (κ2) is 6.76. The fraction of sp³-hybridized carbons (Fsp3) is 0.316. The van der Waals surface area contributed by atoms with Crippen molar-refractivity contribution in [2.24, 2.45) is 0 Å². The number of amides is 1. The van der Waals surface area contributed by atoms with Gasteiger partial charge in [0.1, 0.15) is 11.3 Å². The van der Waals surface area contributed by atoms with E-state index in [1.165, 1.54) is 0 Å². The van der Waals surface area contributed by atoms with E-state index in [9.17, 15) is 4.79 Å². The molecule has 1 saturated heterocycles. The van der Waals surface area contributed by atoms with E-state index in [1.54, 1.807) is 12.3 Å². The Labute approximate surface area is 152 Å². The van der Waals surface area contributed by atoms with E-state index >= 15 is 0 Å². The number of aromatic nitrogens is 3. The largest absolute Gasteiger partial charge is 0.367 e. The van der Waals surface area contributed by atoms with Gasteiger partial charge in [0.2, 0.25) is 0 Å². The molecule has 7 heteroatoms. The molecule has 0 bridgehead atoms. The van der Waals surface area contributed by atoms with E-state index in [1.807, 2.05) is 41.9 Å². The lowest BCUT2D eigenvalue weighted by atomic mass is 10.2. The van der Waals surface area contributed by atoms with Crippen LogP contribution < -0.4 is 15.5 Å². The molecule has 0 spiro atoms. The Morgan fingerprint density at radius 2 is 2.15 bits per heavy atom. The molecule has 0 aromatic carbocycles. The minimum atomic E-state index is -0.221. The zero-order valence-electron chi connectivity index (χ0n) is 14.9. The van der Waals surface area contributed by atoms with Crippen molar-refractivity contribution < 1.29 is 4.79 Å². The van der Waals surface area contributed by atoms with Crippen LogP contribution in [0.4, 0.5) is 11.4 Å². The van der Waals surface area contributed by atoms with Crippen LogP contribution in [-0.4, -0.2) is 46.0 Å². The molecule has 4 heterocycles. The van der Waals surface area contributed by atoms with Crippen molar-refractivity contribution in [3.05, 3.63) is 54.2 Å². The summed E-state index contributed by atoms with van der Waals surface area (Å²) >= 11 is 0. The summed E-state index contributed by atoms with van der Waals surface area (Å²) in [4.78, 5) is 23.5. The van der Waals surface area contributed by atoms with Crippen LogP contribution in [0, 0.1) is 6.92 Å². The van der Waals surface area contributed by atoms with Gasteiger partial charge in [0.25, 0.3) is 5.91 Å². The van der Waals surface area contributed by atoms with Crippen molar-refractivity contribution in [2.45, 2.75) is 19.9 Å². The first-order valence-corrected chi connectivity index (χ1v) is 8.79. The van der Waals surface area contributed by atoms with Crippen molar-refractivity contribution in [3.63, 3.8) is 0 Å². The number of imidazole rings is 1. The number of hydrogen-bond acceptors (Lipinski definition) is 5. The van der Waals surface area contributed by atoms with Gasteiger partial charge in [0, 0.05) is 38.1 Å². The highest BCUT2D eigenvalue weighted by molar-refractivity contribution is 6.02. The highest BCUT2D eigenvalue weighted by Crippen LogP contribution is 2.16. The van der Waals surface area contributed by atoms with Gasteiger partial charge in [0.15, 0.2) is 0 Å². The van der Waals surface area contributed by atoms with E-state index in [0.717, 1.165) is 36.7 Å². The summed E-state index contributed by atoms with van der Waals surface area (Å²) in [6.45, 7) is 6.95. The molecule has 0 aliphatic carbocycles. The predicted molar refractivity (Wildman–Crippen MR) is 102 cm³/mol. The van der Waals surface area contributed by atoms with Gasteiger partial charge in [-0.3, -0.25) is 4.79 Å². The van der Waals surface area contributed by atoms with Gasteiger partial charge < -0.3 is 19.9 Å². The normalized spacial score (nSPS) is 17.5. The van der Waals surface area contributed by atoms with Crippen LogP contribution in [0.3, 0.4) is 0 Å². The Bertz CT molecular complexity index is 933. The number of hydrogen-bond donors (Lipinski definition) is 2. The topological polar surface area (TPSA) is 74.6 Å². The fourth-order valence-electron chi connectivity index (χ4n) is 3.26. The first-order valence-electron chi connectivity index (χ1n) is 8.79. The minimum Gasteiger partial charge on any atom is -0.367 e. The van der Waals surface area contributed by atoms with Crippen molar-refractivity contribution in [1.29, 1.82) is 0 Å². The van der Waals surface area contributed by atoms with E-state index in [-0.39, 0.29) is 5.91 Å². The lowest BCUT2D eigenvalue weighted by Crippen LogP contribution is -2.49. The highest BCUT2D eigenvalue weighted by Gasteiger charge is 2.17. The number of aryl methyl sites for hydroxylation is 1. The third-order valence-electron chi connectivity index (χ3n) is 4.54. The number of nitrogens with zero attached hydrogens (tertiary/aromatic N) is 4. The minimum absolute atomic E-state index is 0.221. The zero-order chi connectivity index (χ0) is 18.1. The molecule has 1 amide bonds. The highest BCUT2D eigenvalue weighted by atomic mass is 16.1. The maximum absolute atomic E-state index is 12.5. The summed E-state index contributed by atoms with van der Waals surface area (Å²) in [6.07, 6.45) is 5.55. The van der Waals surface area contributed by atoms with Gasteiger partial charge in [-0.15, -0.1) is 0 Å². The molecule has 134 valence electrons. The monoisotopic (exact) mass is 350 g/mol. The van der Waals surface area contributed by atoms with Crippen LogP contribution in [0.1, 0.15) is 23.1 Å². The van der Waals surface area contributed by atoms with Crippen LogP contribution in [0.5, 0.6) is 0 Å². The number of rotatable bonds is 3. The molecule has 1 fully saturated rings. The van der Waals surface area contributed by atoms with E-state index < -0.39 is 0 Å². The summed E-state index contributed by atoms with van der Waals surface area (Å²) < 4.78 is 1.90. The van der Waals surface area contributed by atoms with E-state index in [0.29, 0.717) is 17.4 Å². The Hall–Kier alpha value is -2.93. The van der Waals surface area contributed by atoms with Gasteiger partial charge in [0.05, 0.1) is 23.3 Å². The van der Waals surface area contributed by atoms with E-state index in [4.69, 9.17) is 0 Å². The predicted octanol–water partition coefficient (Wildman–Crippen LogP) is 2.09. The van der Waals surface area contributed by atoms with Crippen molar-refractivity contribution >= 4 is 22.9 Å². The molecule has 2 N–H and O–H groups in total. The molecular formula is C19H22N6O. The fourth-order valence-corrected chi connectivity index (χ4v) is 3.26. The Kier molecular flexibility index (Phi) is 4.30. The van der Waals surface area contributed by atoms with Crippen molar-refractivity contribution in [2.75, 3.05) is 29.9 Å². The average Bonchev–Trinajstić information content (AvgIpc) is 3.01. The molecule has 1 unspecified atom stereocenters. The Morgan fingerprint density at radius 3 is 2.92 bits per heavy atom. The van der Waals surface area contributed by atoms with Crippen LogP contribution in [0.25, 0.3) is 5.65 Å². The second-order valence-electron chi connectivity index (χ2n) is 6.72. The summed E-state index contributed by atoms with van der Waals surface area (Å²) in [6, 6.07) is 7.91. The third-order valence-corrected chi connectivity index (χ3v) is 4.54. The molecule has 3 aromatic heterocycles. The Morgan fingerprint density at radius 1 is 1.27 bits per heavy atom. The molecular weight excluding hydrogens is 328 g/mol. The third kappa shape index (κ3) is 3.39. The number of nitrogens with one attached hydrogen (secondary N) is 2. The van der Waals surface area contributed by atoms with Crippen molar-refractivity contribution in [1.82, 2.24) is 19.7 Å². The molecule has 26 heavy (non-hydrogen) atoms. The number of carbonyl (C=O) groups excluding carboxylic acids is 1. The quantitative estimate of drug-likeness (QED) is 0.757. The van der Waals surface area contributed by atoms with Crippen LogP contribution in [0.2, 0.25) is 0 Å². The van der Waals surface area contributed by atoms with Crippen LogP contribution in [0.15, 0.2) is 42.9 Å². The standard InChI is InChI=1S/C19H22N6O/c1-13-10-24(8-7-20-13)16-4-5-17(21-9-16)19(26)23-15-3-6-18-22-14(2)11-25(18)12-15/h3-6,9,11-13,20H,7-8,10H2,1-2H3,(H,23,26). The molecule has 3 aromatic rings. The lowest BCUT2D eigenvalue weighted by molar-refractivity contribution is 0.102. The van der Waals surface area contributed by atoms with Crippen molar-refractivity contribution in [3.8, 4) is 0 Å². The van der Waals surface area contributed by atoms with Gasteiger partial charge in [-0.25, -0.2) is 9.97 Å². The maximum atomic E-state index is 12.5. The lowest BCUT2D eigenvalue weighted by Gasteiger charge is -2.33. The Balaban J connectivity index is 1.47. The molecule has 7 nitrogen and oxygen atoms in total. The number of piperazine rings is 1. The smallest absolute Gasteiger partial charge is 0.274 e. The molecule has 1 aliphatic rings. The summed E-state index contributed by atoms with van der Waals surface area (Å²) in [5, 5.41) is 6.31. The zero-order valence-corrected chi connectivity index (χ0v) is 14.9. The van der Waals surface area contributed by atoms with E-state index in [2.05, 4.69) is 32.4 Å². The number of carbonyl (C=O) groups is 1. The van der Waals surface area contributed by atoms with Gasteiger partial charge in [-0.05, 0) is 38.1 Å². The maximum Gasteiger partial charge on any atom is 0.274 e. The number of pyridine rings is 2. The average molecular weight is 350 g/mol. The molecule has 1 aliphatic heterocycles. The summed E-state index contributed by atoms with van der Waals surface area (Å²) in [5.41, 5.74) is 3.95. The van der Waals surface area contributed by atoms with Crippen LogP contribution in [-0.2, 0) is 0 Å². The van der Waals surface area contributed by atoms with Gasteiger partial charge in [-0.2, -0.15) is 0 Å². The van der Waals surface area contributed by atoms with Gasteiger partial charge in [-0.1, -0.05) is 0 Å². The van der Waals surface area contributed by atoms with Gasteiger partial charge >= 0.3 is 0 Å². The molecule has 1 atom stereocenters. The summed E-state index contributed by atoms with van der Waals surface area (Å²) in [5.74, 6) is -0.221. The number of fused-ring (bicyclic) bond motifs is 1. The molecule has 0 saturated carbocycles. The molecule has 4 rings (SSSR count). The SMILES string of the molecule is Cc1cn2cc(NC(=O)c3ccc(N4CCNC(C)C4)cn3)ccc2n1. The molecule has 0 radical (unpaired) electrons.